The van der Waals surface area contributed by atoms with Crippen LogP contribution in [-0.2, 0) is 0 Å². The van der Waals surface area contributed by atoms with Crippen molar-refractivity contribution in [3.8, 4) is 45.3 Å². The Morgan fingerprint density at radius 1 is 0.408 bits per heavy atom. The van der Waals surface area contributed by atoms with Crippen LogP contribution >= 0.6 is 0 Å². The molecule has 4 nitrogen and oxygen atoms in total. The summed E-state index contributed by atoms with van der Waals surface area (Å²) in [4.78, 5) is 14.6. The predicted molar refractivity (Wildman–Crippen MR) is 201 cm³/mol. The van der Waals surface area contributed by atoms with Crippen molar-refractivity contribution >= 4 is 54.3 Å². The fraction of sp³-hybridized carbons (Fsp3) is 0. The van der Waals surface area contributed by atoms with E-state index >= 15 is 0 Å². The van der Waals surface area contributed by atoms with E-state index < -0.39 is 0 Å². The molecule has 10 aromatic rings. The molecular formula is C45H27N3O. The van der Waals surface area contributed by atoms with E-state index in [1.807, 2.05) is 103 Å². The van der Waals surface area contributed by atoms with E-state index in [0.29, 0.717) is 28.2 Å². The van der Waals surface area contributed by atoms with Gasteiger partial charge in [-0.05, 0) is 67.6 Å². The summed E-state index contributed by atoms with van der Waals surface area (Å²) in [5, 5.41) is 7.03. The summed E-state index contributed by atoms with van der Waals surface area (Å²) in [5.41, 5.74) is 2.82. The summed E-state index contributed by atoms with van der Waals surface area (Å²) < 4.78 is 52.0. The first-order valence-electron chi connectivity index (χ1n) is 18.5. The number of fused-ring (bicyclic) bond motifs is 9. The van der Waals surface area contributed by atoms with E-state index in [1.165, 1.54) is 6.07 Å². The van der Waals surface area contributed by atoms with Crippen molar-refractivity contribution in [1.29, 1.82) is 0 Å². The number of furan rings is 1. The average molecular weight is 631 g/mol. The molecule has 0 aliphatic carbocycles. The summed E-state index contributed by atoms with van der Waals surface area (Å²) in [6.07, 6.45) is 0. The van der Waals surface area contributed by atoms with Crippen LogP contribution in [0.1, 0.15) is 6.85 Å². The lowest BCUT2D eigenvalue weighted by Crippen LogP contribution is -2.00. The lowest BCUT2D eigenvalue weighted by Gasteiger charge is -2.12. The van der Waals surface area contributed by atoms with Gasteiger partial charge < -0.3 is 4.42 Å². The predicted octanol–water partition coefficient (Wildman–Crippen LogP) is 11.9. The van der Waals surface area contributed by atoms with Gasteiger partial charge in [0, 0.05) is 27.5 Å². The molecule has 0 unspecified atom stereocenters. The SMILES string of the molecule is [2H]c1cc(-c2nc(-c3ccccc3)nc(-c3ccccc3)n2)c2c(oc3c([2H])c([2H])c(-c4ccc5c6ccccc6c6ccccc6c5c4)c([2H])c32)c1[2H]. The van der Waals surface area contributed by atoms with Gasteiger partial charge in [-0.3, -0.25) is 0 Å². The number of aromatic nitrogens is 3. The van der Waals surface area contributed by atoms with Crippen LogP contribution in [0.5, 0.6) is 0 Å². The summed E-state index contributed by atoms with van der Waals surface area (Å²) >= 11 is 0. The van der Waals surface area contributed by atoms with Gasteiger partial charge in [-0.2, -0.15) is 0 Å². The van der Waals surface area contributed by atoms with Crippen molar-refractivity contribution < 1.29 is 11.3 Å². The highest BCUT2D eigenvalue weighted by Crippen LogP contribution is 2.40. The molecule has 0 saturated carbocycles. The highest BCUT2D eigenvalue weighted by Gasteiger charge is 2.18. The third kappa shape index (κ3) is 4.49. The first-order chi connectivity index (χ1) is 26.4. The van der Waals surface area contributed by atoms with Crippen LogP contribution in [0.15, 0.2) is 168 Å². The quantitative estimate of drug-likeness (QED) is 0.182. The molecule has 8 aromatic carbocycles. The molecule has 0 aliphatic rings. The van der Waals surface area contributed by atoms with Crippen LogP contribution < -0.4 is 0 Å². The van der Waals surface area contributed by atoms with E-state index in [1.54, 1.807) is 0 Å². The average Bonchev–Trinajstić information content (AvgIpc) is 3.64. The van der Waals surface area contributed by atoms with Crippen LogP contribution in [-0.4, -0.2) is 15.0 Å². The second-order valence-electron chi connectivity index (χ2n) is 12.0. The lowest BCUT2D eigenvalue weighted by atomic mass is 9.92. The zero-order valence-electron chi connectivity index (χ0n) is 31.0. The fourth-order valence-corrected chi connectivity index (χ4v) is 6.82. The molecule has 4 heteroatoms. The molecule has 10 rings (SSSR count). The fourth-order valence-electron chi connectivity index (χ4n) is 6.82. The van der Waals surface area contributed by atoms with Crippen molar-refractivity contribution in [2.24, 2.45) is 0 Å². The molecule has 0 aliphatic heterocycles. The second kappa shape index (κ2) is 11.0. The smallest absolute Gasteiger partial charge is 0.164 e. The zero-order chi connectivity index (χ0) is 36.7. The molecule has 228 valence electrons. The van der Waals surface area contributed by atoms with Gasteiger partial charge in [-0.25, -0.2) is 15.0 Å². The van der Waals surface area contributed by atoms with E-state index in [0.717, 1.165) is 43.4 Å². The maximum absolute atomic E-state index is 9.73. The number of nitrogens with zero attached hydrogens (tertiary/aromatic N) is 3. The highest BCUT2D eigenvalue weighted by molar-refractivity contribution is 6.25. The van der Waals surface area contributed by atoms with Gasteiger partial charge >= 0.3 is 0 Å². The van der Waals surface area contributed by atoms with Gasteiger partial charge in [0.25, 0.3) is 0 Å². The number of benzene rings is 8. The van der Waals surface area contributed by atoms with Crippen molar-refractivity contribution in [2.45, 2.75) is 0 Å². The highest BCUT2D eigenvalue weighted by atomic mass is 16.3. The summed E-state index contributed by atoms with van der Waals surface area (Å²) in [7, 11) is 0. The van der Waals surface area contributed by atoms with Crippen LogP contribution in [0.3, 0.4) is 0 Å². The Kier molecular flexibility index (Phi) is 5.10. The molecule has 0 saturated heterocycles. The Labute approximate surface area is 289 Å². The monoisotopic (exact) mass is 630 g/mol. The van der Waals surface area contributed by atoms with Gasteiger partial charge in [0.1, 0.15) is 11.2 Å². The molecule has 0 amide bonds. The maximum Gasteiger partial charge on any atom is 0.164 e. The molecule has 2 heterocycles. The van der Waals surface area contributed by atoms with Crippen LogP contribution in [0.4, 0.5) is 0 Å². The molecular weight excluding hydrogens is 599 g/mol. The topological polar surface area (TPSA) is 51.8 Å². The normalized spacial score (nSPS) is 13.1. The van der Waals surface area contributed by atoms with Crippen molar-refractivity contribution in [1.82, 2.24) is 15.0 Å². The Bertz CT molecular complexity index is 3070. The van der Waals surface area contributed by atoms with E-state index in [2.05, 4.69) is 24.3 Å². The molecule has 0 atom stereocenters. The van der Waals surface area contributed by atoms with E-state index in [-0.39, 0.29) is 58.2 Å². The summed E-state index contributed by atoms with van der Waals surface area (Å²) in [6, 6.07) is 42.3. The molecule has 2 aromatic heterocycles. The van der Waals surface area contributed by atoms with E-state index in [4.69, 9.17) is 22.1 Å². The molecule has 0 spiro atoms. The Morgan fingerprint density at radius 2 is 0.959 bits per heavy atom. The van der Waals surface area contributed by atoms with Gasteiger partial charge in [-0.15, -0.1) is 0 Å². The lowest BCUT2D eigenvalue weighted by molar-refractivity contribution is 0.669. The Balaban J connectivity index is 1.28. The number of hydrogen-bond acceptors (Lipinski definition) is 4. The largest absolute Gasteiger partial charge is 0.456 e. The minimum atomic E-state index is -0.210. The van der Waals surface area contributed by atoms with Crippen LogP contribution in [0.25, 0.3) is 99.5 Å². The van der Waals surface area contributed by atoms with Gasteiger partial charge in [-0.1, -0.05) is 139 Å². The zero-order valence-corrected chi connectivity index (χ0v) is 26.0. The van der Waals surface area contributed by atoms with Gasteiger partial charge in [0.15, 0.2) is 17.5 Å². The standard InChI is InChI=1S/C45H27N3O/c1-3-12-28(13-4-1)43-46-44(29-14-5-2-6-15-29)48-45(47-43)37-20-11-21-41-42(37)39-27-31(23-25-40(39)49-41)30-22-24-36-34-18-8-7-16-32(34)33-17-9-10-19-35(33)38(36)26-30/h1-27H/i11D,21D,23D,25D,27D. The van der Waals surface area contributed by atoms with Crippen LogP contribution in [0.2, 0.25) is 0 Å². The maximum atomic E-state index is 9.73. The van der Waals surface area contributed by atoms with Crippen molar-refractivity contribution in [3.63, 3.8) is 0 Å². The van der Waals surface area contributed by atoms with Gasteiger partial charge in [0.2, 0.25) is 0 Å². The third-order valence-electron chi connectivity index (χ3n) is 9.10. The summed E-state index contributed by atoms with van der Waals surface area (Å²) in [6.45, 7) is 0. The molecule has 0 fully saturated rings. The molecule has 0 bridgehead atoms. The minimum Gasteiger partial charge on any atom is -0.456 e. The molecule has 0 radical (unpaired) electrons. The minimum absolute atomic E-state index is 0.00181. The van der Waals surface area contributed by atoms with E-state index in [9.17, 15) is 4.11 Å². The Morgan fingerprint density at radius 3 is 1.59 bits per heavy atom. The van der Waals surface area contributed by atoms with Gasteiger partial charge in [0.05, 0.1) is 6.85 Å². The Hall–Kier alpha value is -6.65. The van der Waals surface area contributed by atoms with Crippen LogP contribution in [0, 0.1) is 0 Å². The van der Waals surface area contributed by atoms with Crippen molar-refractivity contribution in [3.05, 3.63) is 164 Å². The first kappa shape index (κ1) is 22.8. The number of rotatable bonds is 4. The first-order valence-corrected chi connectivity index (χ1v) is 16.0. The second-order valence-corrected chi connectivity index (χ2v) is 12.0. The molecule has 49 heavy (non-hydrogen) atoms. The summed E-state index contributed by atoms with van der Waals surface area (Å²) in [5.74, 6) is 1.06. The third-order valence-corrected chi connectivity index (χ3v) is 9.10. The number of hydrogen-bond donors (Lipinski definition) is 0. The molecule has 0 N–H and O–H groups in total. The van der Waals surface area contributed by atoms with Crippen molar-refractivity contribution in [2.75, 3.05) is 0 Å².